The van der Waals surface area contributed by atoms with Gasteiger partial charge in [0.2, 0.25) is 0 Å². The number of hydrogen-bond donors (Lipinski definition) is 3. The number of H-pyrrole nitrogens is 1. The highest BCUT2D eigenvalue weighted by atomic mass is 16.4. The molecule has 2 amide bonds. The number of aliphatic carboxylic acids is 1. The van der Waals surface area contributed by atoms with Crippen molar-refractivity contribution in [2.45, 2.75) is 6.42 Å². The number of carbonyl (C=O) groups is 2. The molecule has 0 atom stereocenters. The summed E-state index contributed by atoms with van der Waals surface area (Å²) in [5.41, 5.74) is 0. The van der Waals surface area contributed by atoms with Gasteiger partial charge in [-0.3, -0.25) is 4.79 Å². The number of imidazole rings is 1. The Hall–Kier alpha value is -2.05. The van der Waals surface area contributed by atoms with Crippen molar-refractivity contribution in [1.29, 1.82) is 0 Å². The van der Waals surface area contributed by atoms with Gasteiger partial charge in [-0.05, 0) is 0 Å². The number of amides is 2. The largest absolute Gasteiger partial charge is 0.481 e. The summed E-state index contributed by atoms with van der Waals surface area (Å²) in [6.45, 7) is 1.07. The molecule has 1 aliphatic rings. The summed E-state index contributed by atoms with van der Waals surface area (Å²) in [5.74, 6) is -0.437. The van der Waals surface area contributed by atoms with E-state index in [1.165, 1.54) is 4.90 Å². The van der Waals surface area contributed by atoms with E-state index in [2.05, 4.69) is 15.3 Å². The number of carboxylic acids is 1. The first-order valence-corrected chi connectivity index (χ1v) is 5.40. The molecule has 7 heteroatoms. The Labute approximate surface area is 97.8 Å². The molecule has 1 aromatic heterocycles. The normalized spacial score (nSPS) is 15.4. The number of nitrogens with zero attached hydrogens (tertiary/aromatic N) is 2. The van der Waals surface area contributed by atoms with Crippen LogP contribution in [0, 0.1) is 5.92 Å². The molecule has 0 aromatic carbocycles. The number of urea groups is 1. The molecule has 0 aliphatic carbocycles. The Kier molecular flexibility index (Phi) is 3.27. The van der Waals surface area contributed by atoms with Gasteiger partial charge in [0, 0.05) is 38.4 Å². The molecule has 1 saturated heterocycles. The number of carboxylic acid groups (broad SMARTS) is 1. The van der Waals surface area contributed by atoms with Crippen molar-refractivity contribution in [3.05, 3.63) is 18.2 Å². The number of aromatic amines is 1. The first-order chi connectivity index (χ1) is 8.16. The lowest BCUT2D eigenvalue weighted by atomic mass is 10.0. The highest BCUT2D eigenvalue weighted by molar-refractivity contribution is 5.79. The van der Waals surface area contributed by atoms with Crippen LogP contribution in [0.15, 0.2) is 12.4 Å². The maximum absolute atomic E-state index is 11.5. The lowest BCUT2D eigenvalue weighted by Gasteiger charge is -2.36. The van der Waals surface area contributed by atoms with E-state index in [1.54, 1.807) is 12.4 Å². The molecule has 2 heterocycles. The molecule has 2 rings (SSSR count). The van der Waals surface area contributed by atoms with Gasteiger partial charge < -0.3 is 20.3 Å². The highest BCUT2D eigenvalue weighted by Gasteiger charge is 2.35. The summed E-state index contributed by atoms with van der Waals surface area (Å²) >= 11 is 0. The average Bonchev–Trinajstić information content (AvgIpc) is 2.67. The first kappa shape index (κ1) is 11.4. The van der Waals surface area contributed by atoms with E-state index in [-0.39, 0.29) is 6.03 Å². The molecule has 7 nitrogen and oxygen atoms in total. The van der Waals surface area contributed by atoms with E-state index in [9.17, 15) is 9.59 Å². The maximum Gasteiger partial charge on any atom is 0.317 e. The molecule has 3 N–H and O–H groups in total. The zero-order valence-electron chi connectivity index (χ0n) is 9.22. The van der Waals surface area contributed by atoms with Crippen molar-refractivity contribution < 1.29 is 14.7 Å². The van der Waals surface area contributed by atoms with Crippen LogP contribution in [0.5, 0.6) is 0 Å². The molecule has 92 valence electrons. The lowest BCUT2D eigenvalue weighted by Crippen LogP contribution is -2.56. The Morgan fingerprint density at radius 3 is 2.94 bits per heavy atom. The van der Waals surface area contributed by atoms with Crippen LogP contribution >= 0.6 is 0 Å². The average molecular weight is 238 g/mol. The van der Waals surface area contributed by atoms with Gasteiger partial charge in [-0.2, -0.15) is 0 Å². The number of rotatable bonds is 4. The molecule has 0 unspecified atom stereocenters. The van der Waals surface area contributed by atoms with Crippen LogP contribution in [0.25, 0.3) is 0 Å². The molecule has 1 fully saturated rings. The van der Waals surface area contributed by atoms with Crippen LogP contribution in [0.1, 0.15) is 5.82 Å². The summed E-state index contributed by atoms with van der Waals surface area (Å²) in [6.07, 6.45) is 4.02. The zero-order valence-corrected chi connectivity index (χ0v) is 9.22. The molecule has 0 saturated carbocycles. The van der Waals surface area contributed by atoms with Crippen molar-refractivity contribution in [3.63, 3.8) is 0 Å². The third-order valence-electron chi connectivity index (χ3n) is 2.71. The molecular weight excluding hydrogens is 224 g/mol. The second-order valence-corrected chi connectivity index (χ2v) is 3.96. The SMILES string of the molecule is O=C(O)C1CN(C(=O)NCCc2ncc[nH]2)C1. The van der Waals surface area contributed by atoms with Crippen LogP contribution in [0.4, 0.5) is 4.79 Å². The van der Waals surface area contributed by atoms with Gasteiger partial charge in [0.1, 0.15) is 5.82 Å². The molecule has 17 heavy (non-hydrogen) atoms. The topological polar surface area (TPSA) is 98.3 Å². The third kappa shape index (κ3) is 2.74. The van der Waals surface area contributed by atoms with Crippen LogP contribution in [0.3, 0.4) is 0 Å². The second-order valence-electron chi connectivity index (χ2n) is 3.96. The van der Waals surface area contributed by atoms with Crippen LogP contribution < -0.4 is 5.32 Å². The summed E-state index contributed by atoms with van der Waals surface area (Å²) in [6, 6.07) is -0.214. The van der Waals surface area contributed by atoms with Crippen molar-refractivity contribution in [1.82, 2.24) is 20.2 Å². The predicted octanol–water partition coefficient (Wildman–Crippen LogP) is -0.322. The summed E-state index contributed by atoms with van der Waals surface area (Å²) in [4.78, 5) is 30.5. The zero-order chi connectivity index (χ0) is 12.3. The molecule has 0 radical (unpaired) electrons. The fourth-order valence-electron chi connectivity index (χ4n) is 1.63. The Morgan fingerprint density at radius 2 is 2.35 bits per heavy atom. The van der Waals surface area contributed by atoms with Gasteiger partial charge in [0.05, 0.1) is 5.92 Å². The fourth-order valence-corrected chi connectivity index (χ4v) is 1.63. The Morgan fingerprint density at radius 1 is 1.59 bits per heavy atom. The van der Waals surface area contributed by atoms with E-state index in [0.29, 0.717) is 26.1 Å². The van der Waals surface area contributed by atoms with Gasteiger partial charge in [-0.25, -0.2) is 9.78 Å². The standard InChI is InChI=1S/C10H14N4O3/c15-9(16)7-5-14(6-7)10(17)13-2-1-8-11-3-4-12-8/h3-4,7H,1-2,5-6H2,(H,11,12)(H,13,17)(H,15,16). The molecule has 0 spiro atoms. The van der Waals surface area contributed by atoms with E-state index in [1.807, 2.05) is 0 Å². The van der Waals surface area contributed by atoms with Crippen molar-refractivity contribution in [3.8, 4) is 0 Å². The minimum atomic E-state index is -0.843. The van der Waals surface area contributed by atoms with Crippen LogP contribution in [0.2, 0.25) is 0 Å². The summed E-state index contributed by atoms with van der Waals surface area (Å²) in [5, 5.41) is 11.4. The Bertz CT molecular complexity index is 398. The molecule has 1 aliphatic heterocycles. The molecule has 1 aromatic rings. The van der Waals surface area contributed by atoms with Crippen molar-refractivity contribution in [2.75, 3.05) is 19.6 Å². The number of likely N-dealkylation sites (tertiary alicyclic amines) is 1. The summed E-state index contributed by atoms with van der Waals surface area (Å²) < 4.78 is 0. The third-order valence-corrected chi connectivity index (χ3v) is 2.71. The Balaban J connectivity index is 1.64. The number of nitrogens with one attached hydrogen (secondary N) is 2. The van der Waals surface area contributed by atoms with E-state index in [4.69, 9.17) is 5.11 Å². The number of hydrogen-bond acceptors (Lipinski definition) is 3. The van der Waals surface area contributed by atoms with Crippen LogP contribution in [-0.4, -0.2) is 51.6 Å². The van der Waals surface area contributed by atoms with Gasteiger partial charge in [-0.15, -0.1) is 0 Å². The van der Waals surface area contributed by atoms with E-state index < -0.39 is 11.9 Å². The lowest BCUT2D eigenvalue weighted by molar-refractivity contribution is -0.146. The number of aromatic nitrogens is 2. The first-order valence-electron chi connectivity index (χ1n) is 5.40. The van der Waals surface area contributed by atoms with Crippen molar-refractivity contribution in [2.24, 2.45) is 5.92 Å². The minimum absolute atomic E-state index is 0.214. The monoisotopic (exact) mass is 238 g/mol. The van der Waals surface area contributed by atoms with Gasteiger partial charge in [0.15, 0.2) is 0 Å². The number of carbonyl (C=O) groups excluding carboxylic acids is 1. The van der Waals surface area contributed by atoms with Gasteiger partial charge >= 0.3 is 12.0 Å². The van der Waals surface area contributed by atoms with E-state index in [0.717, 1.165) is 5.82 Å². The minimum Gasteiger partial charge on any atom is -0.481 e. The molecule has 0 bridgehead atoms. The summed E-state index contributed by atoms with van der Waals surface area (Å²) in [7, 11) is 0. The highest BCUT2D eigenvalue weighted by Crippen LogP contribution is 2.14. The fraction of sp³-hybridized carbons (Fsp3) is 0.500. The van der Waals surface area contributed by atoms with Gasteiger partial charge in [-0.1, -0.05) is 0 Å². The maximum atomic E-state index is 11.5. The van der Waals surface area contributed by atoms with Gasteiger partial charge in [0.25, 0.3) is 0 Å². The van der Waals surface area contributed by atoms with E-state index >= 15 is 0 Å². The quantitative estimate of drug-likeness (QED) is 0.669. The second kappa shape index (κ2) is 4.86. The smallest absolute Gasteiger partial charge is 0.317 e. The predicted molar refractivity (Wildman–Crippen MR) is 58.4 cm³/mol. The van der Waals surface area contributed by atoms with Crippen molar-refractivity contribution >= 4 is 12.0 Å². The molecular formula is C10H14N4O3. The van der Waals surface area contributed by atoms with Crippen LogP contribution in [-0.2, 0) is 11.2 Å².